The van der Waals surface area contributed by atoms with E-state index in [9.17, 15) is 18.0 Å². The number of amides is 2. The van der Waals surface area contributed by atoms with Crippen LogP contribution < -0.4 is 4.90 Å². The van der Waals surface area contributed by atoms with Crippen molar-refractivity contribution in [2.24, 2.45) is 0 Å². The van der Waals surface area contributed by atoms with Gasteiger partial charge in [0.25, 0.3) is 5.91 Å². The van der Waals surface area contributed by atoms with Crippen molar-refractivity contribution < 1.29 is 22.7 Å². The van der Waals surface area contributed by atoms with E-state index >= 15 is 0 Å². The predicted molar refractivity (Wildman–Crippen MR) is 91.2 cm³/mol. The Bertz CT molecular complexity index is 805. The summed E-state index contributed by atoms with van der Waals surface area (Å²) in [5.41, 5.74) is 1.29. The van der Waals surface area contributed by atoms with Crippen molar-refractivity contribution in [1.82, 2.24) is 4.90 Å². The number of morpholine rings is 1. The van der Waals surface area contributed by atoms with Crippen LogP contribution >= 0.6 is 0 Å². The Morgan fingerprint density at radius 2 is 1.88 bits per heavy atom. The average molecular weight is 364 g/mol. The summed E-state index contributed by atoms with van der Waals surface area (Å²) < 4.78 is 29.3. The van der Waals surface area contributed by atoms with Gasteiger partial charge in [0, 0.05) is 30.8 Å². The molecule has 8 heteroatoms. The first-order chi connectivity index (χ1) is 11.9. The monoisotopic (exact) mass is 364 g/mol. The second-order valence-corrected chi connectivity index (χ2v) is 8.90. The fourth-order valence-electron chi connectivity index (χ4n) is 3.84. The maximum absolute atomic E-state index is 12.8. The fraction of sp³-hybridized carbons (Fsp3) is 0.529. The van der Waals surface area contributed by atoms with Crippen molar-refractivity contribution in [2.75, 3.05) is 36.1 Å². The maximum Gasteiger partial charge on any atom is 0.254 e. The molecule has 0 saturated carbocycles. The van der Waals surface area contributed by atoms with Crippen molar-refractivity contribution in [1.29, 1.82) is 0 Å². The van der Waals surface area contributed by atoms with E-state index in [0.717, 1.165) is 12.1 Å². The summed E-state index contributed by atoms with van der Waals surface area (Å²) in [6.07, 6.45) is 0.987. The zero-order chi connectivity index (χ0) is 17.6. The van der Waals surface area contributed by atoms with Crippen LogP contribution in [0.5, 0.6) is 0 Å². The summed E-state index contributed by atoms with van der Waals surface area (Å²) in [7, 11) is -3.16. The zero-order valence-corrected chi connectivity index (χ0v) is 14.6. The molecule has 2 amide bonds. The number of hydrogen-bond acceptors (Lipinski definition) is 5. The van der Waals surface area contributed by atoms with E-state index < -0.39 is 22.0 Å². The van der Waals surface area contributed by atoms with E-state index in [1.165, 1.54) is 0 Å². The molecule has 0 aromatic heterocycles. The maximum atomic E-state index is 12.8. The average Bonchev–Trinajstić information content (AvgIpc) is 3.15. The molecule has 3 heterocycles. The Morgan fingerprint density at radius 3 is 2.56 bits per heavy atom. The number of carbonyl (C=O) groups is 2. The number of hydrogen-bond donors (Lipinski definition) is 0. The van der Waals surface area contributed by atoms with Gasteiger partial charge >= 0.3 is 0 Å². The lowest BCUT2D eigenvalue weighted by atomic mass is 10.1. The molecule has 4 rings (SSSR count). The van der Waals surface area contributed by atoms with Gasteiger partial charge in [0.2, 0.25) is 5.91 Å². The predicted octanol–water partition coefficient (Wildman–Crippen LogP) is 0.451. The van der Waals surface area contributed by atoms with Gasteiger partial charge < -0.3 is 14.5 Å². The van der Waals surface area contributed by atoms with Crippen LogP contribution in [0.15, 0.2) is 24.3 Å². The topological polar surface area (TPSA) is 84.0 Å². The quantitative estimate of drug-likeness (QED) is 0.761. The number of nitrogens with zero attached hydrogens (tertiary/aromatic N) is 2. The molecular weight excluding hydrogens is 344 g/mol. The highest BCUT2D eigenvalue weighted by molar-refractivity contribution is 7.91. The number of fused-ring (bicyclic) bond motifs is 1. The molecule has 2 atom stereocenters. The van der Waals surface area contributed by atoms with Gasteiger partial charge in [-0.3, -0.25) is 9.59 Å². The molecule has 25 heavy (non-hydrogen) atoms. The Kier molecular flexibility index (Phi) is 4.04. The van der Waals surface area contributed by atoms with Crippen LogP contribution in [0.2, 0.25) is 0 Å². The first-order valence-electron chi connectivity index (χ1n) is 8.48. The third-order valence-electron chi connectivity index (χ3n) is 5.10. The molecule has 3 saturated heterocycles. The molecule has 3 aliphatic heterocycles. The molecule has 0 bridgehead atoms. The smallest absolute Gasteiger partial charge is 0.254 e. The lowest BCUT2D eigenvalue weighted by molar-refractivity contribution is -0.117. The summed E-state index contributed by atoms with van der Waals surface area (Å²) in [6.45, 7) is 1.45. The van der Waals surface area contributed by atoms with E-state index in [1.54, 1.807) is 34.1 Å². The van der Waals surface area contributed by atoms with E-state index in [-0.39, 0.29) is 23.3 Å². The van der Waals surface area contributed by atoms with Crippen molar-refractivity contribution in [3.8, 4) is 0 Å². The lowest BCUT2D eigenvalue weighted by Crippen LogP contribution is -2.53. The number of anilines is 1. The molecule has 0 aliphatic carbocycles. The molecule has 0 spiro atoms. The van der Waals surface area contributed by atoms with Crippen LogP contribution in [0.3, 0.4) is 0 Å². The Hall–Kier alpha value is -1.93. The third-order valence-corrected chi connectivity index (χ3v) is 6.78. The Morgan fingerprint density at radius 1 is 1.12 bits per heavy atom. The molecule has 134 valence electrons. The Labute approximate surface area is 146 Å². The number of carbonyl (C=O) groups excluding carboxylic acids is 2. The van der Waals surface area contributed by atoms with Gasteiger partial charge in [0.1, 0.15) is 0 Å². The highest BCUT2D eigenvalue weighted by Gasteiger charge is 2.45. The SMILES string of the molecule is O=C1CCCN1c1ccc(C(=O)N2CCOC3CS(=O)(=O)CC32)cc1. The van der Waals surface area contributed by atoms with Gasteiger partial charge in [-0.15, -0.1) is 0 Å². The first kappa shape index (κ1) is 16.5. The van der Waals surface area contributed by atoms with Crippen LogP contribution in [0.1, 0.15) is 23.2 Å². The normalized spacial score (nSPS) is 28.2. The van der Waals surface area contributed by atoms with Crippen LogP contribution in [0.25, 0.3) is 0 Å². The van der Waals surface area contributed by atoms with E-state index in [0.29, 0.717) is 31.7 Å². The molecule has 3 fully saturated rings. The highest BCUT2D eigenvalue weighted by atomic mass is 32.2. The minimum absolute atomic E-state index is 0.0164. The van der Waals surface area contributed by atoms with E-state index in [2.05, 4.69) is 0 Å². The standard InChI is InChI=1S/C17H20N2O5S/c20-16-2-1-7-18(16)13-5-3-12(4-6-13)17(21)19-8-9-24-15-11-25(22,23)10-14(15)19/h3-6,14-15H,1-2,7-11H2. The van der Waals surface area contributed by atoms with Gasteiger partial charge in [-0.1, -0.05) is 0 Å². The summed E-state index contributed by atoms with van der Waals surface area (Å²) in [4.78, 5) is 28.0. The zero-order valence-electron chi connectivity index (χ0n) is 13.8. The first-order valence-corrected chi connectivity index (χ1v) is 10.3. The van der Waals surface area contributed by atoms with Crippen LogP contribution in [-0.2, 0) is 19.4 Å². The molecule has 2 unspecified atom stereocenters. The van der Waals surface area contributed by atoms with Gasteiger partial charge in [-0.2, -0.15) is 0 Å². The van der Waals surface area contributed by atoms with E-state index in [1.807, 2.05) is 0 Å². The minimum atomic E-state index is -3.16. The van der Waals surface area contributed by atoms with Crippen molar-refractivity contribution in [3.05, 3.63) is 29.8 Å². The highest BCUT2D eigenvalue weighted by Crippen LogP contribution is 2.27. The number of ether oxygens (including phenoxy) is 1. The number of benzene rings is 1. The summed E-state index contributed by atoms with van der Waals surface area (Å²) in [5.74, 6) is -0.137. The minimum Gasteiger partial charge on any atom is -0.373 e. The van der Waals surface area contributed by atoms with Crippen molar-refractivity contribution >= 4 is 27.3 Å². The largest absolute Gasteiger partial charge is 0.373 e. The molecule has 0 N–H and O–H groups in total. The third kappa shape index (κ3) is 3.04. The van der Waals surface area contributed by atoms with Crippen LogP contribution in [0.4, 0.5) is 5.69 Å². The van der Waals surface area contributed by atoms with Gasteiger partial charge in [0.05, 0.1) is 30.3 Å². The van der Waals surface area contributed by atoms with Gasteiger partial charge in [-0.05, 0) is 30.7 Å². The fourth-order valence-corrected chi connectivity index (χ4v) is 5.71. The van der Waals surface area contributed by atoms with Gasteiger partial charge in [0.15, 0.2) is 9.84 Å². The van der Waals surface area contributed by atoms with E-state index in [4.69, 9.17) is 4.74 Å². The van der Waals surface area contributed by atoms with Crippen LogP contribution in [-0.4, -0.2) is 68.5 Å². The number of sulfone groups is 1. The second-order valence-electron chi connectivity index (χ2n) is 6.75. The molecule has 3 aliphatic rings. The molecule has 0 radical (unpaired) electrons. The molecule has 7 nitrogen and oxygen atoms in total. The van der Waals surface area contributed by atoms with Gasteiger partial charge in [-0.25, -0.2) is 8.42 Å². The number of rotatable bonds is 2. The second kappa shape index (κ2) is 6.10. The lowest BCUT2D eigenvalue weighted by Gasteiger charge is -2.36. The molecule has 1 aromatic carbocycles. The molecule has 1 aromatic rings. The summed E-state index contributed by atoms with van der Waals surface area (Å²) in [6, 6.07) is 6.56. The van der Waals surface area contributed by atoms with Crippen molar-refractivity contribution in [3.63, 3.8) is 0 Å². The van der Waals surface area contributed by atoms with Crippen LogP contribution in [0, 0.1) is 0 Å². The summed E-state index contributed by atoms with van der Waals surface area (Å²) >= 11 is 0. The molecular formula is C17H20N2O5S. The van der Waals surface area contributed by atoms with Crippen molar-refractivity contribution in [2.45, 2.75) is 25.0 Å². The Balaban J connectivity index is 1.53. The summed E-state index contributed by atoms with van der Waals surface area (Å²) in [5, 5.41) is 0.